The van der Waals surface area contributed by atoms with Gasteiger partial charge in [-0.2, -0.15) is 0 Å². The van der Waals surface area contributed by atoms with Crippen molar-refractivity contribution in [1.29, 1.82) is 5.41 Å². The highest BCUT2D eigenvalue weighted by Gasteiger charge is 2.17. The Bertz CT molecular complexity index is 118. The molecule has 0 spiro atoms. The summed E-state index contributed by atoms with van der Waals surface area (Å²) in [6.07, 6.45) is 1.82. The van der Waals surface area contributed by atoms with Gasteiger partial charge in [0, 0.05) is 6.42 Å². The highest BCUT2D eigenvalue weighted by Crippen LogP contribution is 2.24. The van der Waals surface area contributed by atoms with Crippen molar-refractivity contribution in [2.75, 3.05) is 7.11 Å². The number of nitrogens with one attached hydrogen (secondary N) is 1. The van der Waals surface area contributed by atoms with Gasteiger partial charge in [0.1, 0.15) is 0 Å². The first-order valence-electron chi connectivity index (χ1n) is 3.63. The molecular weight excluding hydrogens is 126 g/mol. The summed E-state index contributed by atoms with van der Waals surface area (Å²) in [5.74, 6) is 0.381. The van der Waals surface area contributed by atoms with Crippen LogP contribution in [-0.4, -0.2) is 13.0 Å². The first-order chi connectivity index (χ1) is 4.52. The minimum atomic E-state index is 0.215. The number of ether oxygens (including phenoxy) is 1. The third-order valence-corrected chi connectivity index (χ3v) is 1.84. The molecule has 60 valence electrons. The molecule has 0 unspecified atom stereocenters. The molecule has 0 aromatic carbocycles. The van der Waals surface area contributed by atoms with E-state index in [-0.39, 0.29) is 5.41 Å². The lowest BCUT2D eigenvalue weighted by Gasteiger charge is -2.21. The van der Waals surface area contributed by atoms with Gasteiger partial charge in [0.05, 0.1) is 7.11 Å². The molecule has 0 aliphatic heterocycles. The van der Waals surface area contributed by atoms with Crippen LogP contribution in [0.2, 0.25) is 0 Å². The van der Waals surface area contributed by atoms with Gasteiger partial charge in [0.25, 0.3) is 0 Å². The summed E-state index contributed by atoms with van der Waals surface area (Å²) in [6, 6.07) is 0. The lowest BCUT2D eigenvalue weighted by molar-refractivity contribution is 0.311. The number of hydrogen-bond donors (Lipinski definition) is 1. The van der Waals surface area contributed by atoms with Crippen LogP contribution in [0.4, 0.5) is 0 Å². The first-order valence-corrected chi connectivity index (χ1v) is 3.63. The molecule has 0 aliphatic carbocycles. The van der Waals surface area contributed by atoms with Crippen LogP contribution in [0.15, 0.2) is 0 Å². The van der Waals surface area contributed by atoms with Crippen LogP contribution in [-0.2, 0) is 4.74 Å². The van der Waals surface area contributed by atoms with Crippen LogP contribution in [0, 0.1) is 10.8 Å². The van der Waals surface area contributed by atoms with Crippen LogP contribution >= 0.6 is 0 Å². The van der Waals surface area contributed by atoms with Gasteiger partial charge >= 0.3 is 0 Å². The molecule has 0 heterocycles. The van der Waals surface area contributed by atoms with E-state index < -0.39 is 0 Å². The molecule has 0 saturated carbocycles. The summed E-state index contributed by atoms with van der Waals surface area (Å²) in [4.78, 5) is 0. The van der Waals surface area contributed by atoms with E-state index in [1.807, 2.05) is 0 Å². The third-order valence-electron chi connectivity index (χ3n) is 1.84. The van der Waals surface area contributed by atoms with Crippen LogP contribution in [0.5, 0.6) is 0 Å². The van der Waals surface area contributed by atoms with Crippen LogP contribution in [0.25, 0.3) is 0 Å². The van der Waals surface area contributed by atoms with Crippen molar-refractivity contribution >= 4 is 5.90 Å². The Morgan fingerprint density at radius 2 is 2.00 bits per heavy atom. The van der Waals surface area contributed by atoms with E-state index in [9.17, 15) is 0 Å². The molecule has 0 aliphatic rings. The molecule has 0 aromatic rings. The Labute approximate surface area is 63.1 Å². The fourth-order valence-electron chi connectivity index (χ4n) is 0.632. The van der Waals surface area contributed by atoms with E-state index in [1.54, 1.807) is 7.11 Å². The maximum Gasteiger partial charge on any atom is 0.180 e. The standard InChI is InChI=1S/C8H17NO/c1-5-8(2,3)6-7(9)10-4/h9H,5-6H2,1-4H3. The molecule has 0 radical (unpaired) electrons. The molecule has 10 heavy (non-hydrogen) atoms. The highest BCUT2D eigenvalue weighted by molar-refractivity contribution is 5.73. The van der Waals surface area contributed by atoms with Crippen molar-refractivity contribution in [1.82, 2.24) is 0 Å². The Morgan fingerprint density at radius 1 is 1.50 bits per heavy atom. The molecule has 0 amide bonds. The first kappa shape index (κ1) is 9.47. The molecule has 0 bridgehead atoms. The molecule has 2 nitrogen and oxygen atoms in total. The zero-order valence-electron chi connectivity index (χ0n) is 7.32. The fourth-order valence-corrected chi connectivity index (χ4v) is 0.632. The third kappa shape index (κ3) is 3.49. The number of hydrogen-bond acceptors (Lipinski definition) is 2. The highest BCUT2D eigenvalue weighted by atomic mass is 16.5. The van der Waals surface area contributed by atoms with Crippen molar-refractivity contribution in [2.45, 2.75) is 33.6 Å². The van der Waals surface area contributed by atoms with E-state index >= 15 is 0 Å². The summed E-state index contributed by atoms with van der Waals surface area (Å²) in [5, 5.41) is 7.27. The SMILES string of the molecule is CCC(C)(C)CC(=N)OC. The maximum absolute atomic E-state index is 7.27. The van der Waals surface area contributed by atoms with Gasteiger partial charge in [-0.05, 0) is 5.41 Å². The second kappa shape index (κ2) is 3.59. The molecule has 0 atom stereocenters. The summed E-state index contributed by atoms with van der Waals surface area (Å²) < 4.78 is 4.77. The smallest absolute Gasteiger partial charge is 0.180 e. The molecule has 0 saturated heterocycles. The quantitative estimate of drug-likeness (QED) is 0.477. The Balaban J connectivity index is 3.76. The zero-order chi connectivity index (χ0) is 8.20. The average molecular weight is 143 g/mol. The molecular formula is C8H17NO. The minimum Gasteiger partial charge on any atom is -0.484 e. The number of rotatable bonds is 3. The van der Waals surface area contributed by atoms with Gasteiger partial charge in [-0.25, -0.2) is 0 Å². The van der Waals surface area contributed by atoms with Crippen molar-refractivity contribution in [3.05, 3.63) is 0 Å². The predicted molar refractivity (Wildman–Crippen MR) is 43.4 cm³/mol. The Hall–Kier alpha value is -0.530. The Kier molecular flexibility index (Phi) is 3.40. The summed E-state index contributed by atoms with van der Waals surface area (Å²) in [6.45, 7) is 6.41. The summed E-state index contributed by atoms with van der Waals surface area (Å²) in [5.41, 5.74) is 0.215. The maximum atomic E-state index is 7.27. The predicted octanol–water partition coefficient (Wildman–Crippen LogP) is 2.44. The van der Waals surface area contributed by atoms with Crippen LogP contribution < -0.4 is 0 Å². The van der Waals surface area contributed by atoms with E-state index in [0.717, 1.165) is 12.8 Å². The second-order valence-electron chi connectivity index (χ2n) is 3.32. The fraction of sp³-hybridized carbons (Fsp3) is 0.875. The van der Waals surface area contributed by atoms with Gasteiger partial charge < -0.3 is 4.74 Å². The van der Waals surface area contributed by atoms with E-state index in [4.69, 9.17) is 10.1 Å². The van der Waals surface area contributed by atoms with Gasteiger partial charge in [-0.1, -0.05) is 27.2 Å². The Morgan fingerprint density at radius 3 is 2.30 bits per heavy atom. The molecule has 0 fully saturated rings. The number of methoxy groups -OCH3 is 1. The monoisotopic (exact) mass is 143 g/mol. The lowest BCUT2D eigenvalue weighted by Crippen LogP contribution is -2.16. The van der Waals surface area contributed by atoms with Crippen molar-refractivity contribution in [2.24, 2.45) is 5.41 Å². The lowest BCUT2D eigenvalue weighted by atomic mass is 9.86. The van der Waals surface area contributed by atoms with Crippen LogP contribution in [0.3, 0.4) is 0 Å². The molecule has 0 rings (SSSR count). The normalized spacial score (nSPS) is 11.2. The van der Waals surface area contributed by atoms with Crippen molar-refractivity contribution < 1.29 is 4.74 Å². The van der Waals surface area contributed by atoms with Crippen LogP contribution in [0.1, 0.15) is 33.6 Å². The van der Waals surface area contributed by atoms with Gasteiger partial charge in [-0.3, -0.25) is 5.41 Å². The van der Waals surface area contributed by atoms with Crippen molar-refractivity contribution in [3.8, 4) is 0 Å². The van der Waals surface area contributed by atoms with Gasteiger partial charge in [0.2, 0.25) is 0 Å². The van der Waals surface area contributed by atoms with E-state index in [2.05, 4.69) is 20.8 Å². The largest absolute Gasteiger partial charge is 0.484 e. The minimum absolute atomic E-state index is 0.215. The molecule has 2 heteroatoms. The second-order valence-corrected chi connectivity index (χ2v) is 3.32. The summed E-state index contributed by atoms with van der Waals surface area (Å²) >= 11 is 0. The van der Waals surface area contributed by atoms with E-state index in [1.165, 1.54) is 0 Å². The summed E-state index contributed by atoms with van der Waals surface area (Å²) in [7, 11) is 1.55. The van der Waals surface area contributed by atoms with Gasteiger partial charge in [0.15, 0.2) is 5.90 Å². The average Bonchev–Trinajstić information content (AvgIpc) is 1.87. The van der Waals surface area contributed by atoms with E-state index in [0.29, 0.717) is 5.90 Å². The molecule has 0 aromatic heterocycles. The topological polar surface area (TPSA) is 33.1 Å². The molecule has 1 N–H and O–H groups in total. The zero-order valence-corrected chi connectivity index (χ0v) is 7.32. The van der Waals surface area contributed by atoms with Gasteiger partial charge in [-0.15, -0.1) is 0 Å². The van der Waals surface area contributed by atoms with Crippen molar-refractivity contribution in [3.63, 3.8) is 0 Å².